The molecule has 1 saturated carbocycles. The Bertz CT molecular complexity index is 388. The second kappa shape index (κ2) is 4.04. The molecule has 0 aliphatic heterocycles. The van der Waals surface area contributed by atoms with Crippen molar-refractivity contribution < 1.29 is 4.39 Å². The summed E-state index contributed by atoms with van der Waals surface area (Å²) < 4.78 is 14.0. The van der Waals surface area contributed by atoms with E-state index in [1.807, 2.05) is 6.07 Å². The van der Waals surface area contributed by atoms with E-state index in [0.29, 0.717) is 4.47 Å². The molecule has 0 aromatic heterocycles. The van der Waals surface area contributed by atoms with Crippen molar-refractivity contribution >= 4 is 27.5 Å². The third-order valence-electron chi connectivity index (χ3n) is 3.07. The summed E-state index contributed by atoms with van der Waals surface area (Å²) >= 11 is 9.09. The van der Waals surface area contributed by atoms with Gasteiger partial charge in [-0.2, -0.15) is 0 Å². The van der Waals surface area contributed by atoms with E-state index < -0.39 is 11.4 Å². The Morgan fingerprint density at radius 2 is 1.93 bits per heavy atom. The highest BCUT2D eigenvalue weighted by Crippen LogP contribution is 2.41. The Morgan fingerprint density at radius 1 is 1.33 bits per heavy atom. The van der Waals surface area contributed by atoms with Crippen molar-refractivity contribution in [2.24, 2.45) is 5.73 Å². The molecule has 2 N–H and O–H groups in total. The molecule has 0 heterocycles. The topological polar surface area (TPSA) is 26.0 Å². The highest BCUT2D eigenvalue weighted by molar-refractivity contribution is 9.10. The molecule has 0 saturated heterocycles. The van der Waals surface area contributed by atoms with E-state index in [-0.39, 0.29) is 5.02 Å². The Morgan fingerprint density at radius 3 is 2.53 bits per heavy atom. The van der Waals surface area contributed by atoms with Crippen LogP contribution in [0.2, 0.25) is 5.02 Å². The maximum atomic E-state index is 13.6. The van der Waals surface area contributed by atoms with Gasteiger partial charge < -0.3 is 5.73 Å². The van der Waals surface area contributed by atoms with Gasteiger partial charge in [-0.3, -0.25) is 0 Å². The lowest BCUT2D eigenvalue weighted by Gasteiger charge is -2.25. The molecule has 0 amide bonds. The quantitative estimate of drug-likeness (QED) is 0.779. The van der Waals surface area contributed by atoms with Crippen LogP contribution in [0.15, 0.2) is 16.6 Å². The van der Waals surface area contributed by atoms with E-state index in [1.165, 1.54) is 0 Å². The number of benzene rings is 1. The highest BCUT2D eigenvalue weighted by Gasteiger charge is 2.34. The minimum Gasteiger partial charge on any atom is -0.321 e. The van der Waals surface area contributed by atoms with Gasteiger partial charge in [-0.05, 0) is 40.4 Å². The first-order chi connectivity index (χ1) is 7.04. The first kappa shape index (κ1) is 11.4. The Balaban J connectivity index is 2.49. The Hall–Kier alpha value is -0.120. The molecule has 2 rings (SSSR count). The van der Waals surface area contributed by atoms with Crippen LogP contribution in [0.25, 0.3) is 0 Å². The average Bonchev–Trinajstić information content (AvgIpc) is 2.62. The van der Waals surface area contributed by atoms with Crippen molar-refractivity contribution in [2.45, 2.75) is 31.2 Å². The minimum absolute atomic E-state index is 0.161. The largest absolute Gasteiger partial charge is 0.321 e. The lowest BCUT2D eigenvalue weighted by atomic mass is 9.89. The van der Waals surface area contributed by atoms with Crippen molar-refractivity contribution in [1.82, 2.24) is 0 Å². The molecular formula is C11H12BrClFN. The number of nitrogens with two attached hydrogens (primary N) is 1. The van der Waals surface area contributed by atoms with Gasteiger partial charge in [-0.25, -0.2) is 4.39 Å². The summed E-state index contributed by atoms with van der Waals surface area (Å²) in [6.45, 7) is 0. The SMILES string of the molecule is NC1(c2ccc(Br)c(F)c2Cl)CCCC1. The fraction of sp³-hybridized carbons (Fsp3) is 0.455. The molecule has 0 radical (unpaired) electrons. The van der Waals surface area contributed by atoms with Crippen LogP contribution in [-0.4, -0.2) is 0 Å². The lowest BCUT2D eigenvalue weighted by Crippen LogP contribution is -2.33. The van der Waals surface area contributed by atoms with Crippen molar-refractivity contribution in [3.05, 3.63) is 33.0 Å². The van der Waals surface area contributed by atoms with Gasteiger partial charge in [-0.15, -0.1) is 0 Å². The van der Waals surface area contributed by atoms with E-state index in [2.05, 4.69) is 15.9 Å². The van der Waals surface area contributed by atoms with E-state index >= 15 is 0 Å². The summed E-state index contributed by atoms with van der Waals surface area (Å²) in [7, 11) is 0. The zero-order valence-electron chi connectivity index (χ0n) is 8.19. The highest BCUT2D eigenvalue weighted by atomic mass is 79.9. The minimum atomic E-state index is -0.432. The molecule has 0 spiro atoms. The molecule has 0 bridgehead atoms. The van der Waals surface area contributed by atoms with E-state index in [1.54, 1.807) is 6.07 Å². The zero-order valence-corrected chi connectivity index (χ0v) is 10.5. The number of hydrogen-bond donors (Lipinski definition) is 1. The molecule has 0 unspecified atom stereocenters. The first-order valence-electron chi connectivity index (χ1n) is 4.97. The molecule has 1 aromatic rings. The van der Waals surface area contributed by atoms with E-state index in [9.17, 15) is 4.39 Å². The van der Waals surface area contributed by atoms with Gasteiger partial charge in [0.15, 0.2) is 5.82 Å². The maximum Gasteiger partial charge on any atom is 0.156 e. The summed E-state index contributed by atoms with van der Waals surface area (Å²) in [5, 5.41) is 0.161. The summed E-state index contributed by atoms with van der Waals surface area (Å²) in [5.41, 5.74) is 6.54. The first-order valence-corrected chi connectivity index (χ1v) is 6.14. The predicted molar refractivity (Wildman–Crippen MR) is 63.4 cm³/mol. The second-order valence-electron chi connectivity index (χ2n) is 4.09. The molecule has 1 aliphatic carbocycles. The average molecular weight is 293 g/mol. The Kier molecular flexibility index (Phi) is 3.06. The van der Waals surface area contributed by atoms with Crippen LogP contribution in [0.3, 0.4) is 0 Å². The van der Waals surface area contributed by atoms with Gasteiger partial charge in [0.2, 0.25) is 0 Å². The number of hydrogen-bond acceptors (Lipinski definition) is 1. The van der Waals surface area contributed by atoms with E-state index in [4.69, 9.17) is 17.3 Å². The molecule has 0 atom stereocenters. The normalized spacial score (nSPS) is 19.5. The molecule has 1 nitrogen and oxygen atoms in total. The lowest BCUT2D eigenvalue weighted by molar-refractivity contribution is 0.458. The second-order valence-corrected chi connectivity index (χ2v) is 5.32. The smallest absolute Gasteiger partial charge is 0.156 e. The van der Waals surface area contributed by atoms with Crippen LogP contribution in [0.1, 0.15) is 31.2 Å². The standard InChI is InChI=1S/C11H12BrClFN/c12-8-4-3-7(9(13)10(8)14)11(15)5-1-2-6-11/h3-4H,1-2,5-6,15H2. The zero-order chi connectivity index (χ0) is 11.1. The van der Waals surface area contributed by atoms with Gasteiger partial charge in [0.1, 0.15) is 0 Å². The third-order valence-corrected chi connectivity index (χ3v) is 4.05. The molecule has 1 aliphatic rings. The third kappa shape index (κ3) is 1.93. The van der Waals surface area contributed by atoms with Crippen molar-refractivity contribution in [3.8, 4) is 0 Å². The van der Waals surface area contributed by atoms with Crippen LogP contribution in [-0.2, 0) is 5.54 Å². The van der Waals surface area contributed by atoms with E-state index in [0.717, 1.165) is 31.2 Å². The Labute approximate surface area is 102 Å². The van der Waals surface area contributed by atoms with Crippen LogP contribution in [0, 0.1) is 5.82 Å². The summed E-state index contributed by atoms with van der Waals surface area (Å²) in [4.78, 5) is 0. The predicted octanol–water partition coefficient (Wildman–Crippen LogP) is 3.97. The van der Waals surface area contributed by atoms with Gasteiger partial charge >= 0.3 is 0 Å². The van der Waals surface area contributed by atoms with Crippen molar-refractivity contribution in [3.63, 3.8) is 0 Å². The fourth-order valence-electron chi connectivity index (χ4n) is 2.19. The molecular weight excluding hydrogens is 280 g/mol. The summed E-state index contributed by atoms with van der Waals surface area (Å²) in [6, 6.07) is 3.49. The summed E-state index contributed by atoms with van der Waals surface area (Å²) in [6.07, 6.45) is 3.94. The number of halogens is 3. The fourth-order valence-corrected chi connectivity index (χ4v) is 2.98. The molecule has 82 valence electrons. The monoisotopic (exact) mass is 291 g/mol. The van der Waals surface area contributed by atoms with Crippen molar-refractivity contribution in [1.29, 1.82) is 0 Å². The van der Waals surface area contributed by atoms with Crippen LogP contribution < -0.4 is 5.73 Å². The molecule has 1 fully saturated rings. The maximum absolute atomic E-state index is 13.6. The van der Waals surface area contributed by atoms with Crippen LogP contribution >= 0.6 is 27.5 Å². The van der Waals surface area contributed by atoms with Gasteiger partial charge in [0.25, 0.3) is 0 Å². The number of rotatable bonds is 1. The van der Waals surface area contributed by atoms with Crippen molar-refractivity contribution in [2.75, 3.05) is 0 Å². The summed E-state index contributed by atoms with van der Waals surface area (Å²) in [5.74, 6) is -0.411. The van der Waals surface area contributed by atoms with Gasteiger partial charge in [0, 0.05) is 5.54 Å². The molecule has 1 aromatic carbocycles. The molecule has 4 heteroatoms. The molecule has 15 heavy (non-hydrogen) atoms. The van der Waals surface area contributed by atoms with Crippen LogP contribution in [0.5, 0.6) is 0 Å². The van der Waals surface area contributed by atoms with Gasteiger partial charge in [0.05, 0.1) is 9.50 Å². The van der Waals surface area contributed by atoms with Crippen LogP contribution in [0.4, 0.5) is 4.39 Å². The van der Waals surface area contributed by atoms with Gasteiger partial charge in [-0.1, -0.05) is 30.5 Å².